The Hall–Kier alpha value is -2.63. The van der Waals surface area contributed by atoms with E-state index in [4.69, 9.17) is 14.2 Å². The van der Waals surface area contributed by atoms with Gasteiger partial charge >= 0.3 is 17.9 Å². The first-order chi connectivity index (χ1) is 12.0. The van der Waals surface area contributed by atoms with E-state index in [1.807, 2.05) is 33.8 Å². The number of hydrogen-bond donors (Lipinski definition) is 0. The van der Waals surface area contributed by atoms with Gasteiger partial charge in [0.05, 0.1) is 0 Å². The van der Waals surface area contributed by atoms with E-state index in [2.05, 4.69) is 0 Å². The van der Waals surface area contributed by atoms with Gasteiger partial charge in [0.25, 0.3) is 0 Å². The van der Waals surface area contributed by atoms with Crippen molar-refractivity contribution in [1.29, 1.82) is 0 Å². The molecule has 142 valence electrons. The molecule has 26 heavy (non-hydrogen) atoms. The van der Waals surface area contributed by atoms with Gasteiger partial charge in [0.2, 0.25) is 0 Å². The first kappa shape index (κ1) is 21.4. The zero-order chi connectivity index (χ0) is 20.0. The SMILES string of the molecule is CC(=O)OCC(C)=CCc1c(C)c(OC(C)=O)c(C)c(C)c1OC(C)=O. The standard InChI is InChI=1S/C20H26O6/c1-11(10-24-15(5)21)8-9-18-14(4)19(25-16(6)22)12(2)13(3)20(18)26-17(7)23/h8H,9-10H2,1-7H3. The zero-order valence-electron chi connectivity index (χ0n) is 16.4. The number of esters is 3. The molecule has 0 radical (unpaired) electrons. The lowest BCUT2D eigenvalue weighted by Crippen LogP contribution is -2.12. The molecular weight excluding hydrogens is 336 g/mol. The quantitative estimate of drug-likeness (QED) is 0.438. The number of carbonyl (C=O) groups excluding carboxylic acids is 3. The van der Waals surface area contributed by atoms with Crippen molar-refractivity contribution in [3.05, 3.63) is 33.9 Å². The molecule has 0 unspecified atom stereocenters. The van der Waals surface area contributed by atoms with Gasteiger partial charge in [0, 0.05) is 26.3 Å². The van der Waals surface area contributed by atoms with Crippen molar-refractivity contribution in [2.75, 3.05) is 6.61 Å². The number of allylic oxidation sites excluding steroid dienone is 1. The Morgan fingerprint density at radius 2 is 1.27 bits per heavy atom. The molecule has 0 heterocycles. The molecule has 0 saturated heterocycles. The summed E-state index contributed by atoms with van der Waals surface area (Å²) in [4.78, 5) is 33.9. The lowest BCUT2D eigenvalue weighted by molar-refractivity contribution is -0.140. The average Bonchev–Trinajstić information content (AvgIpc) is 2.53. The van der Waals surface area contributed by atoms with Gasteiger partial charge in [-0.25, -0.2) is 0 Å². The van der Waals surface area contributed by atoms with Crippen molar-refractivity contribution in [3.63, 3.8) is 0 Å². The van der Waals surface area contributed by atoms with Crippen LogP contribution < -0.4 is 9.47 Å². The van der Waals surface area contributed by atoms with Crippen molar-refractivity contribution >= 4 is 17.9 Å². The molecule has 0 atom stereocenters. The van der Waals surface area contributed by atoms with Gasteiger partial charge in [-0.05, 0) is 56.4 Å². The van der Waals surface area contributed by atoms with Crippen molar-refractivity contribution in [2.24, 2.45) is 0 Å². The van der Waals surface area contributed by atoms with Crippen molar-refractivity contribution in [2.45, 2.75) is 54.9 Å². The van der Waals surface area contributed by atoms with Gasteiger partial charge in [0.15, 0.2) is 0 Å². The topological polar surface area (TPSA) is 78.9 Å². The lowest BCUT2D eigenvalue weighted by Gasteiger charge is -2.20. The smallest absolute Gasteiger partial charge is 0.308 e. The van der Waals surface area contributed by atoms with Gasteiger partial charge in [-0.3, -0.25) is 14.4 Å². The van der Waals surface area contributed by atoms with Crippen LogP contribution in [0.4, 0.5) is 0 Å². The Morgan fingerprint density at radius 1 is 0.769 bits per heavy atom. The molecule has 1 aromatic carbocycles. The third-order valence-electron chi connectivity index (χ3n) is 3.96. The summed E-state index contributed by atoms with van der Waals surface area (Å²) in [5.41, 5.74) is 3.83. The molecular formula is C20H26O6. The first-order valence-electron chi connectivity index (χ1n) is 8.33. The third-order valence-corrected chi connectivity index (χ3v) is 3.96. The maximum atomic E-state index is 11.5. The predicted octanol–water partition coefficient (Wildman–Crippen LogP) is 3.51. The van der Waals surface area contributed by atoms with Crippen molar-refractivity contribution in [1.82, 2.24) is 0 Å². The van der Waals surface area contributed by atoms with E-state index in [9.17, 15) is 14.4 Å². The van der Waals surface area contributed by atoms with Crippen LogP contribution in [0.15, 0.2) is 11.6 Å². The summed E-state index contributed by atoms with van der Waals surface area (Å²) in [7, 11) is 0. The number of ether oxygens (including phenoxy) is 3. The molecule has 0 saturated carbocycles. The lowest BCUT2D eigenvalue weighted by atomic mass is 9.94. The summed E-state index contributed by atoms with van der Waals surface area (Å²) in [6.07, 6.45) is 2.33. The summed E-state index contributed by atoms with van der Waals surface area (Å²) in [5.74, 6) is -0.234. The van der Waals surface area contributed by atoms with Crippen LogP contribution in [0.25, 0.3) is 0 Å². The van der Waals surface area contributed by atoms with E-state index in [0.29, 0.717) is 17.9 Å². The highest BCUT2D eigenvalue weighted by Gasteiger charge is 2.21. The minimum atomic E-state index is -0.422. The Bertz CT molecular complexity index is 758. The van der Waals surface area contributed by atoms with Gasteiger partial charge in [-0.1, -0.05) is 6.08 Å². The van der Waals surface area contributed by atoms with Crippen LogP contribution in [-0.4, -0.2) is 24.5 Å². The second-order valence-corrected chi connectivity index (χ2v) is 6.23. The fourth-order valence-electron chi connectivity index (χ4n) is 2.53. The van der Waals surface area contributed by atoms with Crippen LogP contribution in [-0.2, 0) is 25.5 Å². The molecule has 6 heteroatoms. The molecule has 0 N–H and O–H groups in total. The first-order valence-corrected chi connectivity index (χ1v) is 8.33. The average molecular weight is 362 g/mol. The summed E-state index contributed by atoms with van der Waals surface area (Å²) in [5, 5.41) is 0. The normalized spacial score (nSPS) is 11.1. The largest absolute Gasteiger partial charge is 0.461 e. The van der Waals surface area contributed by atoms with Gasteiger partial charge in [-0.15, -0.1) is 0 Å². The monoisotopic (exact) mass is 362 g/mol. The molecule has 0 aliphatic heterocycles. The molecule has 1 aromatic rings. The summed E-state index contributed by atoms with van der Waals surface area (Å²) < 4.78 is 15.8. The molecule has 0 aromatic heterocycles. The van der Waals surface area contributed by atoms with Gasteiger partial charge < -0.3 is 14.2 Å². The Balaban J connectivity index is 3.38. The fourth-order valence-corrected chi connectivity index (χ4v) is 2.53. The number of hydrogen-bond acceptors (Lipinski definition) is 6. The van der Waals surface area contributed by atoms with E-state index >= 15 is 0 Å². The van der Waals surface area contributed by atoms with Crippen molar-refractivity contribution < 1.29 is 28.6 Å². The van der Waals surface area contributed by atoms with Crippen molar-refractivity contribution in [3.8, 4) is 11.5 Å². The van der Waals surface area contributed by atoms with Crippen LogP contribution in [0.2, 0.25) is 0 Å². The molecule has 0 amide bonds. The predicted molar refractivity (Wildman–Crippen MR) is 97.4 cm³/mol. The van der Waals surface area contributed by atoms with Crippen LogP contribution in [0.3, 0.4) is 0 Å². The van der Waals surface area contributed by atoms with Gasteiger partial charge in [-0.2, -0.15) is 0 Å². The van der Waals surface area contributed by atoms with Crippen LogP contribution in [0.5, 0.6) is 11.5 Å². The highest BCUT2D eigenvalue weighted by atomic mass is 16.5. The number of benzene rings is 1. The third kappa shape index (κ3) is 5.72. The maximum Gasteiger partial charge on any atom is 0.308 e. The highest BCUT2D eigenvalue weighted by Crippen LogP contribution is 2.38. The molecule has 0 aliphatic rings. The van der Waals surface area contributed by atoms with E-state index in [-0.39, 0.29) is 12.6 Å². The summed E-state index contributed by atoms with van der Waals surface area (Å²) in [6.45, 7) is 11.5. The van der Waals surface area contributed by atoms with Gasteiger partial charge in [0.1, 0.15) is 18.1 Å². The molecule has 0 fully saturated rings. The summed E-state index contributed by atoms with van der Waals surface area (Å²) in [6, 6.07) is 0. The maximum absolute atomic E-state index is 11.5. The molecule has 1 rings (SSSR count). The van der Waals surface area contributed by atoms with Crippen LogP contribution >= 0.6 is 0 Å². The fraction of sp³-hybridized carbons (Fsp3) is 0.450. The van der Waals surface area contributed by atoms with E-state index in [1.54, 1.807) is 0 Å². The number of carbonyl (C=O) groups is 3. The van der Waals surface area contributed by atoms with Crippen LogP contribution in [0, 0.1) is 20.8 Å². The molecule has 0 spiro atoms. The Morgan fingerprint density at radius 3 is 1.77 bits per heavy atom. The summed E-state index contributed by atoms with van der Waals surface area (Å²) >= 11 is 0. The molecule has 0 bridgehead atoms. The zero-order valence-corrected chi connectivity index (χ0v) is 16.4. The minimum Gasteiger partial charge on any atom is -0.461 e. The Labute approximate surface area is 154 Å². The van der Waals surface area contributed by atoms with Crippen LogP contribution in [0.1, 0.15) is 49.9 Å². The van der Waals surface area contributed by atoms with E-state index < -0.39 is 11.9 Å². The van der Waals surface area contributed by atoms with E-state index in [0.717, 1.165) is 27.8 Å². The highest BCUT2D eigenvalue weighted by molar-refractivity contribution is 5.74. The number of rotatable bonds is 6. The molecule has 6 nitrogen and oxygen atoms in total. The second kappa shape index (κ2) is 9.17. The Kier molecular flexibility index (Phi) is 7.56. The minimum absolute atomic E-state index is 0.193. The molecule has 0 aliphatic carbocycles. The second-order valence-electron chi connectivity index (χ2n) is 6.23. The van der Waals surface area contributed by atoms with E-state index in [1.165, 1.54) is 20.8 Å².